The van der Waals surface area contributed by atoms with E-state index in [0.29, 0.717) is 6.04 Å². The third kappa shape index (κ3) is 2.28. The normalized spacial score (nSPS) is 11.6. The SMILES string of the molecule is Cc1ccc2c(ccn2Cc2ccn(C(C)C)n2)c1. The van der Waals surface area contributed by atoms with Crippen molar-refractivity contribution in [2.45, 2.75) is 33.4 Å². The lowest BCUT2D eigenvalue weighted by Gasteiger charge is -2.05. The minimum absolute atomic E-state index is 0.415. The molecule has 0 saturated heterocycles. The molecule has 3 aromatic rings. The second kappa shape index (κ2) is 4.57. The summed E-state index contributed by atoms with van der Waals surface area (Å²) in [6.45, 7) is 7.24. The summed E-state index contributed by atoms with van der Waals surface area (Å²) >= 11 is 0. The molecule has 0 aliphatic rings. The van der Waals surface area contributed by atoms with E-state index in [2.05, 4.69) is 73.2 Å². The van der Waals surface area contributed by atoms with E-state index in [1.54, 1.807) is 0 Å². The molecule has 0 unspecified atom stereocenters. The van der Waals surface area contributed by atoms with Gasteiger partial charge in [-0.2, -0.15) is 5.10 Å². The maximum atomic E-state index is 4.60. The molecule has 2 aromatic heterocycles. The van der Waals surface area contributed by atoms with Gasteiger partial charge in [0, 0.05) is 24.0 Å². The zero-order chi connectivity index (χ0) is 13.4. The minimum atomic E-state index is 0.415. The molecule has 19 heavy (non-hydrogen) atoms. The van der Waals surface area contributed by atoms with Crippen LogP contribution in [0.1, 0.15) is 31.1 Å². The fourth-order valence-electron chi connectivity index (χ4n) is 2.38. The fourth-order valence-corrected chi connectivity index (χ4v) is 2.38. The van der Waals surface area contributed by atoms with Crippen LogP contribution in [0.2, 0.25) is 0 Å². The highest BCUT2D eigenvalue weighted by molar-refractivity contribution is 5.80. The number of hydrogen-bond acceptors (Lipinski definition) is 1. The Hall–Kier alpha value is -2.03. The van der Waals surface area contributed by atoms with Crippen molar-refractivity contribution < 1.29 is 0 Å². The van der Waals surface area contributed by atoms with Gasteiger partial charge in [0.25, 0.3) is 0 Å². The van der Waals surface area contributed by atoms with Gasteiger partial charge in [0.05, 0.1) is 12.2 Å². The van der Waals surface area contributed by atoms with Crippen LogP contribution in [0, 0.1) is 6.92 Å². The summed E-state index contributed by atoms with van der Waals surface area (Å²) in [5.74, 6) is 0. The summed E-state index contributed by atoms with van der Waals surface area (Å²) in [4.78, 5) is 0. The van der Waals surface area contributed by atoms with Gasteiger partial charge in [-0.1, -0.05) is 11.6 Å². The summed E-state index contributed by atoms with van der Waals surface area (Å²) in [5.41, 5.74) is 3.67. The smallest absolute Gasteiger partial charge is 0.0821 e. The first-order valence-corrected chi connectivity index (χ1v) is 6.73. The fraction of sp³-hybridized carbons (Fsp3) is 0.312. The average Bonchev–Trinajstić information content (AvgIpc) is 2.97. The molecule has 0 atom stereocenters. The molecule has 3 nitrogen and oxygen atoms in total. The van der Waals surface area contributed by atoms with Crippen LogP contribution in [0.5, 0.6) is 0 Å². The van der Waals surface area contributed by atoms with E-state index < -0.39 is 0 Å². The highest BCUT2D eigenvalue weighted by atomic mass is 15.3. The van der Waals surface area contributed by atoms with Crippen molar-refractivity contribution in [2.24, 2.45) is 0 Å². The number of fused-ring (bicyclic) bond motifs is 1. The number of nitrogens with zero attached hydrogens (tertiary/aromatic N) is 3. The molecule has 0 amide bonds. The second-order valence-corrected chi connectivity index (χ2v) is 5.39. The Morgan fingerprint density at radius 3 is 2.68 bits per heavy atom. The number of aromatic nitrogens is 3. The Morgan fingerprint density at radius 1 is 1.11 bits per heavy atom. The quantitative estimate of drug-likeness (QED) is 0.696. The van der Waals surface area contributed by atoms with E-state index in [0.717, 1.165) is 12.2 Å². The van der Waals surface area contributed by atoms with Crippen molar-refractivity contribution >= 4 is 10.9 Å². The number of aryl methyl sites for hydroxylation is 1. The standard InChI is InChI=1S/C16H19N3/c1-12(2)19-9-7-15(17-19)11-18-8-6-14-10-13(3)4-5-16(14)18/h4-10,12H,11H2,1-3H3. The lowest BCUT2D eigenvalue weighted by atomic mass is 10.2. The number of hydrogen-bond donors (Lipinski definition) is 0. The first-order chi connectivity index (χ1) is 9.13. The van der Waals surface area contributed by atoms with Crippen molar-refractivity contribution in [1.82, 2.24) is 14.3 Å². The van der Waals surface area contributed by atoms with Gasteiger partial charge >= 0.3 is 0 Å². The van der Waals surface area contributed by atoms with Gasteiger partial charge in [-0.15, -0.1) is 0 Å². The van der Waals surface area contributed by atoms with E-state index in [-0.39, 0.29) is 0 Å². The molecule has 0 spiro atoms. The molecule has 0 aliphatic heterocycles. The van der Waals surface area contributed by atoms with Crippen LogP contribution in [0.4, 0.5) is 0 Å². The van der Waals surface area contributed by atoms with Crippen molar-refractivity contribution in [1.29, 1.82) is 0 Å². The van der Waals surface area contributed by atoms with Crippen molar-refractivity contribution in [3.05, 3.63) is 54.0 Å². The maximum absolute atomic E-state index is 4.60. The third-order valence-electron chi connectivity index (χ3n) is 3.45. The van der Waals surface area contributed by atoms with Gasteiger partial charge in [-0.25, -0.2) is 0 Å². The molecule has 98 valence electrons. The van der Waals surface area contributed by atoms with E-state index in [1.807, 2.05) is 4.68 Å². The van der Waals surface area contributed by atoms with Crippen LogP contribution in [0.3, 0.4) is 0 Å². The molecule has 0 saturated carbocycles. The molecule has 3 heteroatoms. The molecule has 0 radical (unpaired) electrons. The summed E-state index contributed by atoms with van der Waals surface area (Å²) in [6, 6.07) is 11.2. The lowest BCUT2D eigenvalue weighted by molar-refractivity contribution is 0.524. The van der Waals surface area contributed by atoms with Crippen LogP contribution in [-0.2, 0) is 6.54 Å². The van der Waals surface area contributed by atoms with Crippen LogP contribution >= 0.6 is 0 Å². The third-order valence-corrected chi connectivity index (χ3v) is 3.45. The molecule has 1 aromatic carbocycles. The van der Waals surface area contributed by atoms with Gasteiger partial charge in [0.1, 0.15) is 0 Å². The number of rotatable bonds is 3. The first kappa shape index (κ1) is 12.0. The van der Waals surface area contributed by atoms with Crippen LogP contribution in [0.25, 0.3) is 10.9 Å². The summed E-state index contributed by atoms with van der Waals surface area (Å²) < 4.78 is 4.26. The predicted octanol–water partition coefficient (Wildman–Crippen LogP) is 3.78. The molecule has 0 aliphatic carbocycles. The van der Waals surface area contributed by atoms with Crippen LogP contribution in [0.15, 0.2) is 42.7 Å². The summed E-state index contributed by atoms with van der Waals surface area (Å²) in [5, 5.41) is 5.90. The maximum Gasteiger partial charge on any atom is 0.0821 e. The molecule has 0 fully saturated rings. The summed E-state index contributed by atoms with van der Waals surface area (Å²) in [6.07, 6.45) is 4.19. The molecular formula is C16H19N3. The molecule has 3 rings (SSSR count). The van der Waals surface area contributed by atoms with Gasteiger partial charge in [-0.05, 0) is 50.4 Å². The Labute approximate surface area is 113 Å². The lowest BCUT2D eigenvalue weighted by Crippen LogP contribution is -2.04. The van der Waals surface area contributed by atoms with Gasteiger partial charge < -0.3 is 4.57 Å². The highest BCUT2D eigenvalue weighted by Crippen LogP contribution is 2.18. The monoisotopic (exact) mass is 253 g/mol. The summed E-state index contributed by atoms with van der Waals surface area (Å²) in [7, 11) is 0. The largest absolute Gasteiger partial charge is 0.341 e. The van der Waals surface area contributed by atoms with E-state index >= 15 is 0 Å². The van der Waals surface area contributed by atoms with Crippen LogP contribution in [-0.4, -0.2) is 14.3 Å². The zero-order valence-electron chi connectivity index (χ0n) is 11.7. The van der Waals surface area contributed by atoms with E-state index in [9.17, 15) is 0 Å². The minimum Gasteiger partial charge on any atom is -0.341 e. The zero-order valence-corrected chi connectivity index (χ0v) is 11.7. The Morgan fingerprint density at radius 2 is 1.95 bits per heavy atom. The van der Waals surface area contributed by atoms with Crippen molar-refractivity contribution in [3.8, 4) is 0 Å². The van der Waals surface area contributed by atoms with Crippen molar-refractivity contribution in [3.63, 3.8) is 0 Å². The van der Waals surface area contributed by atoms with Gasteiger partial charge in [0.2, 0.25) is 0 Å². The molecular weight excluding hydrogens is 234 g/mol. The van der Waals surface area contributed by atoms with Gasteiger partial charge in [0.15, 0.2) is 0 Å². The van der Waals surface area contributed by atoms with Crippen LogP contribution < -0.4 is 0 Å². The Bertz CT molecular complexity index is 704. The van der Waals surface area contributed by atoms with E-state index in [1.165, 1.54) is 16.5 Å². The van der Waals surface area contributed by atoms with Crippen molar-refractivity contribution in [2.75, 3.05) is 0 Å². The topological polar surface area (TPSA) is 22.8 Å². The number of benzene rings is 1. The first-order valence-electron chi connectivity index (χ1n) is 6.73. The Kier molecular flexibility index (Phi) is 2.90. The predicted molar refractivity (Wildman–Crippen MR) is 78.4 cm³/mol. The highest BCUT2D eigenvalue weighted by Gasteiger charge is 2.05. The average molecular weight is 253 g/mol. The van der Waals surface area contributed by atoms with E-state index in [4.69, 9.17) is 0 Å². The Balaban J connectivity index is 1.92. The molecule has 2 heterocycles. The molecule has 0 N–H and O–H groups in total. The van der Waals surface area contributed by atoms with Gasteiger partial charge in [-0.3, -0.25) is 4.68 Å². The molecule has 0 bridgehead atoms. The second-order valence-electron chi connectivity index (χ2n) is 5.39.